The summed E-state index contributed by atoms with van der Waals surface area (Å²) in [6.07, 6.45) is -1.02. The zero-order valence-corrected chi connectivity index (χ0v) is 21.0. The Hall–Kier alpha value is -3.11. The lowest BCUT2D eigenvalue weighted by molar-refractivity contribution is -0.274. The van der Waals surface area contributed by atoms with Crippen molar-refractivity contribution in [2.75, 3.05) is 4.90 Å². The van der Waals surface area contributed by atoms with Crippen LogP contribution in [0.1, 0.15) is 60.4 Å². The number of fused-ring (bicyclic) bond motifs is 2. The molecule has 0 saturated heterocycles. The molecule has 0 spiro atoms. The van der Waals surface area contributed by atoms with Gasteiger partial charge in [-0.05, 0) is 67.5 Å². The summed E-state index contributed by atoms with van der Waals surface area (Å²) in [6.45, 7) is 0. The Balaban J connectivity index is 1.63. The van der Waals surface area contributed by atoms with Gasteiger partial charge < -0.3 is 19.5 Å². The van der Waals surface area contributed by atoms with Crippen LogP contribution in [0.4, 0.5) is 18.9 Å². The van der Waals surface area contributed by atoms with Gasteiger partial charge in [0.05, 0.1) is 0 Å². The van der Waals surface area contributed by atoms with E-state index in [1.54, 1.807) is 18.2 Å². The van der Waals surface area contributed by atoms with E-state index in [1.807, 2.05) is 0 Å². The molecule has 2 N–H and O–H groups in total. The lowest BCUT2D eigenvalue weighted by Gasteiger charge is -2.50. The second kappa shape index (κ2) is 9.89. The van der Waals surface area contributed by atoms with Crippen molar-refractivity contribution in [3.05, 3.63) is 58.6 Å². The van der Waals surface area contributed by atoms with Gasteiger partial charge >= 0.3 is 12.3 Å². The number of ether oxygens (including phenoxy) is 1. The smallest absolute Gasteiger partial charge is 0.480 e. The summed E-state index contributed by atoms with van der Waals surface area (Å²) >= 11 is 6.34. The lowest BCUT2D eigenvalue weighted by Crippen LogP contribution is -2.62. The van der Waals surface area contributed by atoms with Gasteiger partial charge in [0.1, 0.15) is 17.6 Å². The topological polar surface area (TPSA) is 95.9 Å². The molecular formula is C27H26ClF3N2O5. The van der Waals surface area contributed by atoms with E-state index in [9.17, 15) is 32.7 Å². The molecule has 3 aliphatic rings. The van der Waals surface area contributed by atoms with Crippen LogP contribution in [0, 0.1) is 5.92 Å². The number of nitrogens with one attached hydrogen (secondary N) is 1. The van der Waals surface area contributed by atoms with Gasteiger partial charge in [0, 0.05) is 40.7 Å². The van der Waals surface area contributed by atoms with E-state index in [1.165, 1.54) is 17.0 Å². The average molecular weight is 551 g/mol. The molecule has 1 heterocycles. The van der Waals surface area contributed by atoms with Crippen LogP contribution in [0.3, 0.4) is 0 Å². The number of hydrogen-bond acceptors (Lipinski definition) is 5. The van der Waals surface area contributed by atoms with Crippen LogP contribution in [-0.2, 0) is 9.59 Å². The van der Waals surface area contributed by atoms with Crippen molar-refractivity contribution in [1.82, 2.24) is 5.32 Å². The molecule has 2 saturated carbocycles. The molecular weight excluding hydrogens is 525 g/mol. The van der Waals surface area contributed by atoms with Crippen LogP contribution in [0.5, 0.6) is 5.75 Å². The van der Waals surface area contributed by atoms with E-state index in [2.05, 4.69) is 10.1 Å². The Morgan fingerprint density at radius 3 is 2.55 bits per heavy atom. The molecule has 2 aromatic rings. The van der Waals surface area contributed by atoms with Crippen LogP contribution >= 0.6 is 11.6 Å². The lowest BCUT2D eigenvalue weighted by atomic mass is 9.65. The monoisotopic (exact) mass is 550 g/mol. The third kappa shape index (κ3) is 4.87. The van der Waals surface area contributed by atoms with Crippen LogP contribution < -0.4 is 15.0 Å². The van der Waals surface area contributed by atoms with Crippen LogP contribution in [-0.4, -0.2) is 47.3 Å². The fraction of sp³-hybridized carbons (Fsp3) is 0.444. The Bertz CT molecular complexity index is 1270. The standard InChI is InChI=1S/C27H26ClF3N2O5/c28-16-7-10-20-22(14-16)33(24(35)15-3-1-4-18(13-15)38-27(29,30)31)21-6-2-5-19(21)23(20)26(11-12-34,25(36)37)32-17-8-9-17/h1,3-4,7,10,12-14,17,19,21,23,32H,2,5-6,8-9,11H2,(H,36,37). The van der Waals surface area contributed by atoms with E-state index >= 15 is 0 Å². The molecule has 0 bridgehead atoms. The van der Waals surface area contributed by atoms with Crippen molar-refractivity contribution < 1.29 is 37.4 Å². The molecule has 1 aliphatic heterocycles. The highest BCUT2D eigenvalue weighted by Crippen LogP contribution is 2.55. The molecule has 7 nitrogen and oxygen atoms in total. The summed E-state index contributed by atoms with van der Waals surface area (Å²) in [5, 5.41) is 14.1. The number of benzene rings is 2. The number of alkyl halides is 3. The molecule has 2 fully saturated rings. The number of hydrogen-bond donors (Lipinski definition) is 2. The highest BCUT2D eigenvalue weighted by Gasteiger charge is 2.58. The predicted molar refractivity (Wildman–Crippen MR) is 132 cm³/mol. The van der Waals surface area contributed by atoms with Gasteiger partial charge in [-0.15, -0.1) is 13.2 Å². The zero-order chi connectivity index (χ0) is 27.2. The van der Waals surface area contributed by atoms with Crippen LogP contribution in [0.2, 0.25) is 5.02 Å². The fourth-order valence-corrected chi connectivity index (χ4v) is 6.38. The number of anilines is 1. The number of aliphatic carboxylic acids is 1. The normalized spacial score (nSPS) is 24.2. The van der Waals surface area contributed by atoms with Gasteiger partial charge in [0.2, 0.25) is 0 Å². The van der Waals surface area contributed by atoms with E-state index < -0.39 is 41.5 Å². The Labute approximate surface area is 221 Å². The molecule has 4 atom stereocenters. The maximum Gasteiger partial charge on any atom is 0.573 e. The van der Waals surface area contributed by atoms with Gasteiger partial charge in [-0.2, -0.15) is 0 Å². The van der Waals surface area contributed by atoms with Gasteiger partial charge in [0.25, 0.3) is 5.91 Å². The highest BCUT2D eigenvalue weighted by molar-refractivity contribution is 6.31. The van der Waals surface area contributed by atoms with Crippen molar-refractivity contribution in [1.29, 1.82) is 0 Å². The van der Waals surface area contributed by atoms with Gasteiger partial charge in [0.15, 0.2) is 0 Å². The highest BCUT2D eigenvalue weighted by atomic mass is 35.5. The number of carboxylic acids is 1. The fourth-order valence-electron chi connectivity index (χ4n) is 6.21. The van der Waals surface area contributed by atoms with Crippen molar-refractivity contribution in [2.24, 2.45) is 5.92 Å². The van der Waals surface area contributed by atoms with Crippen molar-refractivity contribution >= 4 is 35.5 Å². The number of amides is 1. The van der Waals surface area contributed by atoms with Crippen LogP contribution in [0.15, 0.2) is 42.5 Å². The number of carboxylic acid groups (broad SMARTS) is 1. The van der Waals surface area contributed by atoms with Crippen LogP contribution in [0.25, 0.3) is 0 Å². The molecule has 4 unspecified atom stereocenters. The maximum atomic E-state index is 13.9. The van der Waals surface area contributed by atoms with Crippen molar-refractivity contribution in [3.8, 4) is 5.75 Å². The van der Waals surface area contributed by atoms with Gasteiger partial charge in [-0.1, -0.05) is 30.2 Å². The minimum absolute atomic E-state index is 0.00438. The van der Waals surface area contributed by atoms with Gasteiger partial charge in [-0.25, -0.2) is 0 Å². The number of rotatable bonds is 8. The minimum atomic E-state index is -4.91. The minimum Gasteiger partial charge on any atom is -0.480 e. The summed E-state index contributed by atoms with van der Waals surface area (Å²) in [5.41, 5.74) is -0.623. The number of nitrogens with zero attached hydrogens (tertiary/aromatic N) is 1. The quantitative estimate of drug-likeness (QED) is 0.432. The van der Waals surface area contributed by atoms with Gasteiger partial charge in [-0.3, -0.25) is 14.9 Å². The summed E-state index contributed by atoms with van der Waals surface area (Å²) in [4.78, 5) is 40.2. The van der Waals surface area contributed by atoms with E-state index in [4.69, 9.17) is 11.6 Å². The molecule has 11 heteroatoms. The molecule has 0 aromatic heterocycles. The Morgan fingerprint density at radius 1 is 1.13 bits per heavy atom. The third-order valence-electron chi connectivity index (χ3n) is 7.77. The second-order valence-electron chi connectivity index (χ2n) is 10.2. The first-order valence-corrected chi connectivity index (χ1v) is 12.9. The summed E-state index contributed by atoms with van der Waals surface area (Å²) in [5.74, 6) is -3.12. The molecule has 202 valence electrons. The third-order valence-corrected chi connectivity index (χ3v) is 8.00. The molecule has 1 amide bonds. The van der Waals surface area contributed by atoms with Crippen molar-refractivity contribution in [3.63, 3.8) is 0 Å². The Morgan fingerprint density at radius 2 is 1.89 bits per heavy atom. The molecule has 2 aromatic carbocycles. The zero-order valence-electron chi connectivity index (χ0n) is 20.2. The van der Waals surface area contributed by atoms with Crippen molar-refractivity contribution in [2.45, 2.75) is 68.4 Å². The number of aldehydes is 1. The summed E-state index contributed by atoms with van der Waals surface area (Å²) in [7, 11) is 0. The number of halogens is 4. The SMILES string of the molecule is O=CCC(NC1CC1)(C(=O)O)C1c2ccc(Cl)cc2N(C(=O)c2cccc(OC(F)(F)F)c2)C2CCCC21. The van der Waals surface area contributed by atoms with E-state index in [-0.39, 0.29) is 23.9 Å². The number of carbonyl (C=O) groups is 3. The first-order chi connectivity index (χ1) is 18.0. The first-order valence-electron chi connectivity index (χ1n) is 12.5. The predicted octanol–water partition coefficient (Wildman–Crippen LogP) is 5.32. The molecule has 5 rings (SSSR count). The molecule has 0 radical (unpaired) electrons. The molecule has 2 aliphatic carbocycles. The summed E-state index contributed by atoms with van der Waals surface area (Å²) < 4.78 is 42.5. The maximum absolute atomic E-state index is 13.9. The summed E-state index contributed by atoms with van der Waals surface area (Å²) in [6, 6.07) is 9.32. The van der Waals surface area contributed by atoms with E-state index in [0.717, 1.165) is 31.4 Å². The molecule has 38 heavy (non-hydrogen) atoms. The first kappa shape index (κ1) is 26.5. The van der Waals surface area contributed by atoms with E-state index in [0.29, 0.717) is 35.4 Å². The second-order valence-corrected chi connectivity index (χ2v) is 10.6. The Kier molecular flexibility index (Phi) is 6.89. The largest absolute Gasteiger partial charge is 0.573 e. The number of carbonyl (C=O) groups excluding carboxylic acids is 2. The average Bonchev–Trinajstić information content (AvgIpc) is 3.53.